The highest BCUT2D eigenvalue weighted by Gasteiger charge is 2.09. The SMILES string of the molecule is Cc1ccc(CC(N)Cc2cccc([N+](=O)[O-])c2)cc1. The van der Waals surface area contributed by atoms with Gasteiger partial charge in [-0.05, 0) is 30.9 Å². The number of nitro groups is 1. The van der Waals surface area contributed by atoms with E-state index in [1.54, 1.807) is 12.1 Å². The van der Waals surface area contributed by atoms with Gasteiger partial charge in [-0.25, -0.2) is 0 Å². The smallest absolute Gasteiger partial charge is 0.269 e. The first-order chi connectivity index (χ1) is 9.54. The van der Waals surface area contributed by atoms with E-state index >= 15 is 0 Å². The highest BCUT2D eigenvalue weighted by Crippen LogP contribution is 2.15. The molecule has 0 saturated heterocycles. The van der Waals surface area contributed by atoms with E-state index in [9.17, 15) is 10.1 Å². The number of nitrogens with two attached hydrogens (primary N) is 1. The molecule has 2 aromatic carbocycles. The first-order valence-corrected chi connectivity index (χ1v) is 6.59. The third-order valence-corrected chi connectivity index (χ3v) is 3.24. The zero-order valence-electron chi connectivity index (χ0n) is 11.5. The largest absolute Gasteiger partial charge is 0.327 e. The molecule has 0 aliphatic rings. The van der Waals surface area contributed by atoms with Crippen molar-refractivity contribution in [1.29, 1.82) is 0 Å². The van der Waals surface area contributed by atoms with Crippen LogP contribution in [0.25, 0.3) is 0 Å². The second-order valence-corrected chi connectivity index (χ2v) is 5.08. The molecule has 0 saturated carbocycles. The molecule has 0 spiro atoms. The van der Waals surface area contributed by atoms with Gasteiger partial charge in [0.05, 0.1) is 4.92 Å². The van der Waals surface area contributed by atoms with Crippen molar-refractivity contribution >= 4 is 5.69 Å². The van der Waals surface area contributed by atoms with Gasteiger partial charge in [0, 0.05) is 18.2 Å². The Balaban J connectivity index is 2.00. The fourth-order valence-corrected chi connectivity index (χ4v) is 2.20. The molecule has 2 aromatic rings. The third-order valence-electron chi connectivity index (χ3n) is 3.24. The topological polar surface area (TPSA) is 69.2 Å². The van der Waals surface area contributed by atoms with Crippen molar-refractivity contribution in [3.63, 3.8) is 0 Å². The Bertz CT molecular complexity index is 594. The normalized spacial score (nSPS) is 12.1. The number of non-ortho nitro benzene ring substituents is 1. The van der Waals surface area contributed by atoms with Crippen molar-refractivity contribution in [3.8, 4) is 0 Å². The maximum Gasteiger partial charge on any atom is 0.269 e. The van der Waals surface area contributed by atoms with E-state index in [4.69, 9.17) is 5.73 Å². The van der Waals surface area contributed by atoms with Crippen LogP contribution in [0, 0.1) is 17.0 Å². The molecule has 4 nitrogen and oxygen atoms in total. The number of hydrogen-bond acceptors (Lipinski definition) is 3. The average Bonchev–Trinajstić information content (AvgIpc) is 2.41. The summed E-state index contributed by atoms with van der Waals surface area (Å²) in [6, 6.07) is 14.9. The van der Waals surface area contributed by atoms with Crippen molar-refractivity contribution in [2.24, 2.45) is 5.73 Å². The van der Waals surface area contributed by atoms with Gasteiger partial charge in [0.25, 0.3) is 5.69 Å². The lowest BCUT2D eigenvalue weighted by Crippen LogP contribution is -2.25. The van der Waals surface area contributed by atoms with E-state index in [2.05, 4.69) is 24.3 Å². The molecule has 0 heterocycles. The summed E-state index contributed by atoms with van der Waals surface area (Å²) in [5.41, 5.74) is 9.56. The van der Waals surface area contributed by atoms with Gasteiger partial charge in [-0.3, -0.25) is 10.1 Å². The third kappa shape index (κ3) is 3.90. The Kier molecular flexibility index (Phi) is 4.48. The molecule has 0 aliphatic heterocycles. The molecule has 1 atom stereocenters. The summed E-state index contributed by atoms with van der Waals surface area (Å²) in [5, 5.41) is 10.7. The van der Waals surface area contributed by atoms with Gasteiger partial charge < -0.3 is 5.73 Å². The first-order valence-electron chi connectivity index (χ1n) is 6.59. The van der Waals surface area contributed by atoms with Crippen LogP contribution in [0.2, 0.25) is 0 Å². The van der Waals surface area contributed by atoms with E-state index in [1.165, 1.54) is 17.2 Å². The predicted octanol–water partition coefficient (Wildman–Crippen LogP) is 3.02. The second kappa shape index (κ2) is 6.30. The summed E-state index contributed by atoms with van der Waals surface area (Å²) in [4.78, 5) is 10.4. The number of benzene rings is 2. The summed E-state index contributed by atoms with van der Waals surface area (Å²) in [7, 11) is 0. The molecule has 104 valence electrons. The maximum absolute atomic E-state index is 10.7. The second-order valence-electron chi connectivity index (χ2n) is 5.08. The van der Waals surface area contributed by atoms with Crippen LogP contribution in [0.4, 0.5) is 5.69 Å². The highest BCUT2D eigenvalue weighted by molar-refractivity contribution is 5.34. The Morgan fingerprint density at radius 2 is 1.75 bits per heavy atom. The van der Waals surface area contributed by atoms with Crippen LogP contribution >= 0.6 is 0 Å². The summed E-state index contributed by atoms with van der Waals surface area (Å²) < 4.78 is 0. The van der Waals surface area contributed by atoms with Gasteiger partial charge in [-0.15, -0.1) is 0 Å². The molecule has 0 aromatic heterocycles. The van der Waals surface area contributed by atoms with Gasteiger partial charge in [-0.1, -0.05) is 42.0 Å². The fourth-order valence-electron chi connectivity index (χ4n) is 2.20. The summed E-state index contributed by atoms with van der Waals surface area (Å²) in [5.74, 6) is 0. The van der Waals surface area contributed by atoms with Crippen molar-refractivity contribution in [3.05, 3.63) is 75.3 Å². The number of nitrogens with zero attached hydrogens (tertiary/aromatic N) is 1. The quantitative estimate of drug-likeness (QED) is 0.670. The van der Waals surface area contributed by atoms with Gasteiger partial charge >= 0.3 is 0 Å². The van der Waals surface area contributed by atoms with E-state index in [0.29, 0.717) is 6.42 Å². The van der Waals surface area contributed by atoms with E-state index in [1.807, 2.05) is 13.0 Å². The maximum atomic E-state index is 10.7. The van der Waals surface area contributed by atoms with Crippen LogP contribution in [0.5, 0.6) is 0 Å². The lowest BCUT2D eigenvalue weighted by atomic mass is 9.99. The van der Waals surface area contributed by atoms with Crippen LogP contribution in [-0.2, 0) is 12.8 Å². The Labute approximate surface area is 118 Å². The van der Waals surface area contributed by atoms with E-state index in [0.717, 1.165) is 12.0 Å². The lowest BCUT2D eigenvalue weighted by Gasteiger charge is -2.12. The fraction of sp³-hybridized carbons (Fsp3) is 0.250. The Hall–Kier alpha value is -2.20. The number of nitro benzene ring substituents is 1. The Morgan fingerprint density at radius 3 is 2.40 bits per heavy atom. The molecule has 0 radical (unpaired) electrons. The molecule has 4 heteroatoms. The number of hydrogen-bond donors (Lipinski definition) is 1. The molecule has 0 fully saturated rings. The number of aryl methyl sites for hydroxylation is 1. The van der Waals surface area contributed by atoms with Crippen molar-refractivity contribution < 1.29 is 4.92 Å². The zero-order chi connectivity index (χ0) is 14.5. The summed E-state index contributed by atoms with van der Waals surface area (Å²) in [6.45, 7) is 2.05. The van der Waals surface area contributed by atoms with Crippen LogP contribution in [-0.4, -0.2) is 11.0 Å². The molecule has 0 bridgehead atoms. The minimum absolute atomic E-state index is 0.0419. The molecule has 20 heavy (non-hydrogen) atoms. The van der Waals surface area contributed by atoms with E-state index in [-0.39, 0.29) is 16.7 Å². The number of rotatable bonds is 5. The van der Waals surface area contributed by atoms with Crippen LogP contribution in [0.3, 0.4) is 0 Å². The molecule has 1 unspecified atom stereocenters. The summed E-state index contributed by atoms with van der Waals surface area (Å²) >= 11 is 0. The van der Waals surface area contributed by atoms with Gasteiger partial charge in [0.1, 0.15) is 0 Å². The molecule has 0 aliphatic carbocycles. The molecular formula is C16H18N2O2. The van der Waals surface area contributed by atoms with Gasteiger partial charge in [0.2, 0.25) is 0 Å². The van der Waals surface area contributed by atoms with Gasteiger partial charge in [0.15, 0.2) is 0 Å². The van der Waals surface area contributed by atoms with Crippen LogP contribution in [0.15, 0.2) is 48.5 Å². The van der Waals surface area contributed by atoms with Crippen molar-refractivity contribution in [2.45, 2.75) is 25.8 Å². The monoisotopic (exact) mass is 270 g/mol. The predicted molar refractivity (Wildman–Crippen MR) is 79.7 cm³/mol. The summed E-state index contributed by atoms with van der Waals surface area (Å²) in [6.07, 6.45) is 1.40. The van der Waals surface area contributed by atoms with Crippen LogP contribution < -0.4 is 5.73 Å². The van der Waals surface area contributed by atoms with E-state index < -0.39 is 0 Å². The standard InChI is InChI=1S/C16H18N2O2/c1-12-5-7-13(8-6-12)9-15(17)10-14-3-2-4-16(11-14)18(19)20/h2-8,11,15H,9-10,17H2,1H3. The molecular weight excluding hydrogens is 252 g/mol. The highest BCUT2D eigenvalue weighted by atomic mass is 16.6. The van der Waals surface area contributed by atoms with Gasteiger partial charge in [-0.2, -0.15) is 0 Å². The average molecular weight is 270 g/mol. The molecule has 2 N–H and O–H groups in total. The minimum Gasteiger partial charge on any atom is -0.327 e. The van der Waals surface area contributed by atoms with Crippen molar-refractivity contribution in [1.82, 2.24) is 0 Å². The lowest BCUT2D eigenvalue weighted by molar-refractivity contribution is -0.384. The minimum atomic E-state index is -0.380. The first kappa shape index (κ1) is 14.2. The van der Waals surface area contributed by atoms with Crippen LogP contribution in [0.1, 0.15) is 16.7 Å². The molecule has 2 rings (SSSR count). The molecule has 0 amide bonds. The Morgan fingerprint density at radius 1 is 1.10 bits per heavy atom. The zero-order valence-corrected chi connectivity index (χ0v) is 11.5. The van der Waals surface area contributed by atoms with Crippen molar-refractivity contribution in [2.75, 3.05) is 0 Å².